The SMILES string of the molecule is O=C(c1cccnc1NCc1ccc(F)cc1F)c1c[nH]c2cc(Cl)ccc12. The van der Waals surface area contributed by atoms with Crippen LogP contribution >= 0.6 is 11.6 Å². The second-order valence-corrected chi connectivity index (χ2v) is 6.65. The molecule has 7 heteroatoms. The number of aromatic nitrogens is 2. The number of nitrogens with one attached hydrogen (secondary N) is 2. The minimum Gasteiger partial charge on any atom is -0.365 e. The number of fused-ring (bicyclic) bond motifs is 1. The van der Waals surface area contributed by atoms with Gasteiger partial charge in [0.2, 0.25) is 0 Å². The Balaban J connectivity index is 1.64. The van der Waals surface area contributed by atoms with E-state index in [2.05, 4.69) is 15.3 Å². The highest BCUT2D eigenvalue weighted by molar-refractivity contribution is 6.31. The molecule has 0 saturated heterocycles. The lowest BCUT2D eigenvalue weighted by Crippen LogP contribution is -2.10. The Labute approximate surface area is 164 Å². The van der Waals surface area contributed by atoms with E-state index in [4.69, 9.17) is 11.6 Å². The van der Waals surface area contributed by atoms with Gasteiger partial charge in [-0.3, -0.25) is 4.79 Å². The van der Waals surface area contributed by atoms with Gasteiger partial charge in [0.15, 0.2) is 5.78 Å². The van der Waals surface area contributed by atoms with Crippen LogP contribution in [-0.2, 0) is 6.54 Å². The lowest BCUT2D eigenvalue weighted by atomic mass is 10.0. The lowest BCUT2D eigenvalue weighted by Gasteiger charge is -2.11. The molecule has 0 radical (unpaired) electrons. The summed E-state index contributed by atoms with van der Waals surface area (Å²) in [5.74, 6) is -1.22. The van der Waals surface area contributed by atoms with Crippen molar-refractivity contribution in [2.75, 3.05) is 5.32 Å². The summed E-state index contributed by atoms with van der Waals surface area (Å²) in [6, 6.07) is 11.9. The second kappa shape index (κ2) is 7.40. The predicted octanol–water partition coefficient (Wildman–Crippen LogP) is 5.34. The van der Waals surface area contributed by atoms with Crippen LogP contribution in [0.25, 0.3) is 10.9 Å². The summed E-state index contributed by atoms with van der Waals surface area (Å²) < 4.78 is 26.9. The molecule has 0 unspecified atom stereocenters. The highest BCUT2D eigenvalue weighted by Crippen LogP contribution is 2.26. The normalized spacial score (nSPS) is 11.0. The van der Waals surface area contributed by atoms with Crippen LogP contribution in [0, 0.1) is 11.6 Å². The van der Waals surface area contributed by atoms with E-state index in [9.17, 15) is 13.6 Å². The summed E-state index contributed by atoms with van der Waals surface area (Å²) in [7, 11) is 0. The Hall–Kier alpha value is -3.25. The average molecular weight is 398 g/mol. The van der Waals surface area contributed by atoms with Crippen molar-refractivity contribution >= 4 is 34.1 Å². The van der Waals surface area contributed by atoms with Crippen molar-refractivity contribution in [1.82, 2.24) is 9.97 Å². The van der Waals surface area contributed by atoms with Crippen LogP contribution in [0.1, 0.15) is 21.5 Å². The number of carbonyl (C=O) groups excluding carboxylic acids is 1. The van der Waals surface area contributed by atoms with Crippen molar-refractivity contribution in [2.45, 2.75) is 6.54 Å². The first-order valence-electron chi connectivity index (χ1n) is 8.47. The van der Waals surface area contributed by atoms with Crippen LogP contribution in [0.5, 0.6) is 0 Å². The van der Waals surface area contributed by atoms with Crippen LogP contribution in [-0.4, -0.2) is 15.8 Å². The first-order valence-corrected chi connectivity index (χ1v) is 8.85. The van der Waals surface area contributed by atoms with Gasteiger partial charge in [0.1, 0.15) is 17.5 Å². The molecular weight excluding hydrogens is 384 g/mol. The van der Waals surface area contributed by atoms with E-state index in [1.54, 1.807) is 36.5 Å². The van der Waals surface area contributed by atoms with E-state index in [-0.39, 0.29) is 17.9 Å². The van der Waals surface area contributed by atoms with Gasteiger partial charge in [-0.05, 0) is 30.3 Å². The van der Waals surface area contributed by atoms with Gasteiger partial charge in [0, 0.05) is 52.1 Å². The third-order valence-corrected chi connectivity index (χ3v) is 4.64. The standard InChI is InChI=1S/C21H14ClF2N3O/c22-13-4-6-15-17(11-26-19(15)8-13)20(28)16-2-1-7-25-21(16)27-10-12-3-5-14(23)9-18(12)24/h1-9,11,26H,10H2,(H,25,27). The molecule has 0 bridgehead atoms. The maximum Gasteiger partial charge on any atom is 0.198 e. The first kappa shape index (κ1) is 18.1. The lowest BCUT2D eigenvalue weighted by molar-refractivity contribution is 0.104. The fraction of sp³-hybridized carbons (Fsp3) is 0.0476. The molecule has 0 atom stereocenters. The molecule has 2 heterocycles. The number of pyridine rings is 1. The van der Waals surface area contributed by atoms with Crippen LogP contribution < -0.4 is 5.32 Å². The molecule has 0 aliphatic carbocycles. The van der Waals surface area contributed by atoms with E-state index in [0.717, 1.165) is 17.0 Å². The number of anilines is 1. The summed E-state index contributed by atoms with van der Waals surface area (Å²) in [6.07, 6.45) is 3.16. The van der Waals surface area contributed by atoms with Gasteiger partial charge in [-0.15, -0.1) is 0 Å². The van der Waals surface area contributed by atoms with Crippen molar-refractivity contribution in [1.29, 1.82) is 0 Å². The summed E-state index contributed by atoms with van der Waals surface area (Å²) in [5, 5.41) is 4.28. The summed E-state index contributed by atoms with van der Waals surface area (Å²) in [6.45, 7) is 0.0624. The van der Waals surface area contributed by atoms with Crippen LogP contribution in [0.4, 0.5) is 14.6 Å². The number of ketones is 1. The molecule has 4 rings (SSSR count). The molecule has 4 aromatic rings. The second-order valence-electron chi connectivity index (χ2n) is 6.21. The van der Waals surface area contributed by atoms with Gasteiger partial charge < -0.3 is 10.3 Å². The van der Waals surface area contributed by atoms with Crippen molar-refractivity contribution in [3.05, 3.63) is 94.3 Å². The summed E-state index contributed by atoms with van der Waals surface area (Å²) in [4.78, 5) is 20.3. The molecule has 2 aromatic heterocycles. The Morgan fingerprint density at radius 1 is 1.11 bits per heavy atom. The molecular formula is C21H14ClF2N3O. The number of hydrogen-bond acceptors (Lipinski definition) is 3. The molecule has 0 saturated carbocycles. The zero-order valence-corrected chi connectivity index (χ0v) is 15.2. The summed E-state index contributed by atoms with van der Waals surface area (Å²) in [5.41, 5.74) is 1.85. The van der Waals surface area contributed by atoms with Crippen molar-refractivity contribution in [3.63, 3.8) is 0 Å². The number of H-pyrrole nitrogens is 1. The van der Waals surface area contributed by atoms with E-state index >= 15 is 0 Å². The van der Waals surface area contributed by atoms with E-state index in [1.165, 1.54) is 18.3 Å². The fourth-order valence-electron chi connectivity index (χ4n) is 3.00. The number of halogens is 3. The number of rotatable bonds is 5. The smallest absolute Gasteiger partial charge is 0.198 e. The Morgan fingerprint density at radius 2 is 1.96 bits per heavy atom. The molecule has 0 amide bonds. The van der Waals surface area contributed by atoms with Crippen molar-refractivity contribution in [2.24, 2.45) is 0 Å². The van der Waals surface area contributed by atoms with E-state index < -0.39 is 11.6 Å². The minimum atomic E-state index is -0.662. The number of hydrogen-bond donors (Lipinski definition) is 2. The van der Waals surface area contributed by atoms with E-state index in [1.807, 2.05) is 0 Å². The third kappa shape index (κ3) is 3.46. The molecule has 140 valence electrons. The molecule has 0 aliphatic rings. The zero-order chi connectivity index (χ0) is 19.7. The van der Waals surface area contributed by atoms with Gasteiger partial charge in [-0.25, -0.2) is 13.8 Å². The Bertz CT molecular complexity index is 1190. The highest BCUT2D eigenvalue weighted by atomic mass is 35.5. The van der Waals surface area contributed by atoms with Crippen LogP contribution in [0.3, 0.4) is 0 Å². The topological polar surface area (TPSA) is 57.8 Å². The zero-order valence-electron chi connectivity index (χ0n) is 14.5. The largest absolute Gasteiger partial charge is 0.365 e. The highest BCUT2D eigenvalue weighted by Gasteiger charge is 2.18. The van der Waals surface area contributed by atoms with Gasteiger partial charge >= 0.3 is 0 Å². The minimum absolute atomic E-state index is 0.0624. The third-order valence-electron chi connectivity index (χ3n) is 4.40. The molecule has 2 N–H and O–H groups in total. The number of carbonyl (C=O) groups is 1. The summed E-state index contributed by atoms with van der Waals surface area (Å²) >= 11 is 5.99. The van der Waals surface area contributed by atoms with Crippen LogP contribution in [0.15, 0.2) is 60.9 Å². The maximum atomic E-state index is 13.9. The monoisotopic (exact) mass is 397 g/mol. The molecule has 0 spiro atoms. The van der Waals surface area contributed by atoms with Gasteiger partial charge in [-0.2, -0.15) is 0 Å². The Morgan fingerprint density at radius 3 is 2.79 bits per heavy atom. The average Bonchev–Trinajstić information content (AvgIpc) is 3.10. The molecule has 2 aromatic carbocycles. The van der Waals surface area contributed by atoms with Gasteiger partial charge in [-0.1, -0.05) is 23.7 Å². The molecule has 28 heavy (non-hydrogen) atoms. The van der Waals surface area contributed by atoms with Gasteiger partial charge in [0.25, 0.3) is 0 Å². The van der Waals surface area contributed by atoms with Crippen LogP contribution in [0.2, 0.25) is 5.02 Å². The maximum absolute atomic E-state index is 13.9. The quantitative estimate of drug-likeness (QED) is 0.447. The molecule has 0 aliphatic heterocycles. The number of benzene rings is 2. The van der Waals surface area contributed by atoms with Gasteiger partial charge in [0.05, 0.1) is 5.56 Å². The van der Waals surface area contributed by atoms with E-state index in [0.29, 0.717) is 22.0 Å². The van der Waals surface area contributed by atoms with Crippen molar-refractivity contribution < 1.29 is 13.6 Å². The number of aromatic amines is 1. The molecule has 4 nitrogen and oxygen atoms in total. The Kier molecular flexibility index (Phi) is 4.79. The molecule has 0 fully saturated rings. The predicted molar refractivity (Wildman–Crippen MR) is 105 cm³/mol. The fourth-order valence-corrected chi connectivity index (χ4v) is 3.18. The first-order chi connectivity index (χ1) is 13.5. The number of nitrogens with zero attached hydrogens (tertiary/aromatic N) is 1. The van der Waals surface area contributed by atoms with Crippen molar-refractivity contribution in [3.8, 4) is 0 Å².